The van der Waals surface area contributed by atoms with Crippen LogP contribution in [-0.2, 0) is 17.8 Å². The van der Waals surface area contributed by atoms with E-state index in [0.717, 1.165) is 11.1 Å². The Morgan fingerprint density at radius 2 is 1.77 bits per heavy atom. The summed E-state index contributed by atoms with van der Waals surface area (Å²) >= 11 is 17.8. The van der Waals surface area contributed by atoms with Crippen molar-refractivity contribution in [3.63, 3.8) is 0 Å². The van der Waals surface area contributed by atoms with Gasteiger partial charge in [0.2, 0.25) is 17.6 Å². The van der Waals surface area contributed by atoms with E-state index in [9.17, 15) is 4.79 Å². The van der Waals surface area contributed by atoms with Crippen LogP contribution in [0.2, 0.25) is 15.1 Å². The molecule has 2 aromatic carbocycles. The number of carbonyl (C=O) groups is 1. The molecule has 3 rings (SSSR count). The lowest BCUT2D eigenvalue weighted by molar-refractivity contribution is -0.121. The normalized spacial score (nSPS) is 10.7. The summed E-state index contributed by atoms with van der Waals surface area (Å²) in [5, 5.41) is 8.42. The molecule has 26 heavy (non-hydrogen) atoms. The summed E-state index contributed by atoms with van der Waals surface area (Å²) < 4.78 is 5.18. The van der Waals surface area contributed by atoms with E-state index in [-0.39, 0.29) is 12.3 Å². The Morgan fingerprint density at radius 3 is 2.50 bits per heavy atom. The number of nitrogens with one attached hydrogen (secondary N) is 1. The second-order valence-corrected chi connectivity index (χ2v) is 6.81. The Balaban J connectivity index is 1.51. The first-order valence-corrected chi connectivity index (χ1v) is 8.94. The lowest BCUT2D eigenvalue weighted by atomic mass is 10.2. The molecule has 0 aliphatic rings. The van der Waals surface area contributed by atoms with Crippen molar-refractivity contribution in [2.24, 2.45) is 0 Å². The molecule has 0 saturated heterocycles. The van der Waals surface area contributed by atoms with Gasteiger partial charge in [0.15, 0.2) is 0 Å². The molecular formula is C18H14Cl3N3O2. The van der Waals surface area contributed by atoms with E-state index in [1.54, 1.807) is 42.5 Å². The number of amides is 1. The molecule has 0 aliphatic heterocycles. The predicted molar refractivity (Wildman–Crippen MR) is 101 cm³/mol. The number of benzene rings is 2. The number of hydrogen-bond donors (Lipinski definition) is 1. The summed E-state index contributed by atoms with van der Waals surface area (Å²) in [5.41, 5.74) is 1.60. The van der Waals surface area contributed by atoms with Crippen molar-refractivity contribution in [3.05, 3.63) is 69.0 Å². The lowest BCUT2D eigenvalue weighted by Crippen LogP contribution is -2.23. The quantitative estimate of drug-likeness (QED) is 0.624. The number of halogens is 3. The van der Waals surface area contributed by atoms with Crippen LogP contribution in [0.25, 0.3) is 11.4 Å². The van der Waals surface area contributed by atoms with Crippen LogP contribution in [0.5, 0.6) is 0 Å². The van der Waals surface area contributed by atoms with E-state index in [2.05, 4.69) is 15.5 Å². The van der Waals surface area contributed by atoms with Gasteiger partial charge in [0.05, 0.1) is 0 Å². The molecule has 8 heteroatoms. The first-order chi connectivity index (χ1) is 12.5. The Labute approximate surface area is 165 Å². The van der Waals surface area contributed by atoms with E-state index in [1.807, 2.05) is 0 Å². The number of hydrogen-bond acceptors (Lipinski definition) is 4. The summed E-state index contributed by atoms with van der Waals surface area (Å²) in [6.45, 7) is 0.328. The first-order valence-electron chi connectivity index (χ1n) is 7.80. The monoisotopic (exact) mass is 409 g/mol. The average molecular weight is 411 g/mol. The van der Waals surface area contributed by atoms with Crippen molar-refractivity contribution >= 4 is 40.7 Å². The van der Waals surface area contributed by atoms with Crippen molar-refractivity contribution in [3.8, 4) is 11.4 Å². The molecular weight excluding hydrogens is 397 g/mol. The smallest absolute Gasteiger partial charge is 0.227 e. The molecule has 134 valence electrons. The highest BCUT2D eigenvalue weighted by atomic mass is 35.5. The highest BCUT2D eigenvalue weighted by Crippen LogP contribution is 2.21. The molecule has 0 unspecified atom stereocenters. The predicted octanol–water partition coefficient (Wildman–Crippen LogP) is 4.95. The zero-order valence-electron chi connectivity index (χ0n) is 13.5. The molecule has 1 N–H and O–H groups in total. The van der Waals surface area contributed by atoms with Crippen molar-refractivity contribution in [2.75, 3.05) is 0 Å². The van der Waals surface area contributed by atoms with E-state index in [1.165, 1.54) is 0 Å². The minimum atomic E-state index is -0.137. The SMILES string of the molecule is O=C(CCc1nc(-c2ccc(Cl)cc2)no1)NCc1ccc(Cl)cc1Cl. The van der Waals surface area contributed by atoms with Crippen molar-refractivity contribution in [1.29, 1.82) is 0 Å². The Bertz CT molecular complexity index is 910. The van der Waals surface area contributed by atoms with Crippen LogP contribution in [0.15, 0.2) is 47.0 Å². The van der Waals surface area contributed by atoms with Gasteiger partial charge in [-0.2, -0.15) is 4.98 Å². The molecule has 0 fully saturated rings. The van der Waals surface area contributed by atoms with Crippen molar-refractivity contribution in [1.82, 2.24) is 15.5 Å². The highest BCUT2D eigenvalue weighted by Gasteiger charge is 2.11. The van der Waals surface area contributed by atoms with Crippen LogP contribution in [0.1, 0.15) is 17.9 Å². The molecule has 1 heterocycles. The van der Waals surface area contributed by atoms with Crippen LogP contribution in [0, 0.1) is 0 Å². The fourth-order valence-corrected chi connectivity index (χ4v) is 2.84. The molecule has 1 amide bonds. The number of carbonyl (C=O) groups excluding carboxylic acids is 1. The molecule has 1 aromatic heterocycles. The molecule has 0 aliphatic carbocycles. The summed E-state index contributed by atoms with van der Waals surface area (Å²) in [7, 11) is 0. The van der Waals surface area contributed by atoms with Crippen LogP contribution in [0.3, 0.4) is 0 Å². The van der Waals surface area contributed by atoms with Gasteiger partial charge in [-0.3, -0.25) is 4.79 Å². The fourth-order valence-electron chi connectivity index (χ4n) is 2.24. The van der Waals surface area contributed by atoms with Crippen LogP contribution in [0.4, 0.5) is 0 Å². The van der Waals surface area contributed by atoms with Gasteiger partial charge >= 0.3 is 0 Å². The largest absolute Gasteiger partial charge is 0.352 e. The van der Waals surface area contributed by atoms with Gasteiger partial charge in [-0.05, 0) is 42.0 Å². The van der Waals surface area contributed by atoms with Gasteiger partial charge in [0.25, 0.3) is 0 Å². The Kier molecular flexibility index (Phi) is 6.14. The van der Waals surface area contributed by atoms with Gasteiger partial charge < -0.3 is 9.84 Å². The first kappa shape index (κ1) is 18.7. The van der Waals surface area contributed by atoms with E-state index >= 15 is 0 Å². The second kappa shape index (κ2) is 8.54. The summed E-state index contributed by atoms with van der Waals surface area (Å²) in [5.74, 6) is 0.724. The number of rotatable bonds is 6. The van der Waals surface area contributed by atoms with Gasteiger partial charge in [-0.1, -0.05) is 46.0 Å². The van der Waals surface area contributed by atoms with Crippen LogP contribution >= 0.6 is 34.8 Å². The van der Waals surface area contributed by atoms with Crippen LogP contribution in [-0.4, -0.2) is 16.0 Å². The zero-order valence-corrected chi connectivity index (χ0v) is 15.8. The minimum absolute atomic E-state index is 0.137. The maximum absolute atomic E-state index is 12.0. The Hall–Kier alpha value is -2.08. The fraction of sp³-hybridized carbons (Fsp3) is 0.167. The zero-order chi connectivity index (χ0) is 18.5. The van der Waals surface area contributed by atoms with Gasteiger partial charge in [-0.25, -0.2) is 0 Å². The third-order valence-corrected chi connectivity index (χ3v) is 4.47. The van der Waals surface area contributed by atoms with E-state index in [4.69, 9.17) is 39.3 Å². The topological polar surface area (TPSA) is 68.0 Å². The molecule has 0 spiro atoms. The number of aromatic nitrogens is 2. The number of nitrogens with zero attached hydrogens (tertiary/aromatic N) is 2. The van der Waals surface area contributed by atoms with Gasteiger partial charge in [0.1, 0.15) is 0 Å². The molecule has 3 aromatic rings. The Morgan fingerprint density at radius 1 is 1.04 bits per heavy atom. The summed E-state index contributed by atoms with van der Waals surface area (Å²) in [4.78, 5) is 16.3. The molecule has 0 bridgehead atoms. The maximum Gasteiger partial charge on any atom is 0.227 e. The van der Waals surface area contributed by atoms with Gasteiger partial charge in [0, 0.05) is 40.0 Å². The highest BCUT2D eigenvalue weighted by molar-refractivity contribution is 6.35. The van der Waals surface area contributed by atoms with E-state index in [0.29, 0.717) is 39.7 Å². The average Bonchev–Trinajstić information content (AvgIpc) is 3.09. The summed E-state index contributed by atoms with van der Waals surface area (Å²) in [6, 6.07) is 12.3. The third-order valence-electron chi connectivity index (χ3n) is 3.63. The molecule has 0 atom stereocenters. The van der Waals surface area contributed by atoms with Gasteiger partial charge in [-0.15, -0.1) is 0 Å². The molecule has 5 nitrogen and oxygen atoms in total. The lowest BCUT2D eigenvalue weighted by Gasteiger charge is -2.06. The minimum Gasteiger partial charge on any atom is -0.352 e. The van der Waals surface area contributed by atoms with Crippen molar-refractivity contribution in [2.45, 2.75) is 19.4 Å². The molecule has 0 radical (unpaired) electrons. The van der Waals surface area contributed by atoms with Crippen molar-refractivity contribution < 1.29 is 9.32 Å². The maximum atomic E-state index is 12.0. The third kappa shape index (κ3) is 4.97. The van der Waals surface area contributed by atoms with E-state index < -0.39 is 0 Å². The molecule has 0 saturated carbocycles. The summed E-state index contributed by atoms with van der Waals surface area (Å²) in [6.07, 6.45) is 0.578. The second-order valence-electron chi connectivity index (χ2n) is 5.53. The number of aryl methyl sites for hydroxylation is 1. The standard InChI is InChI=1S/C18H14Cl3N3O2/c19-13-4-1-11(2-5-13)18-23-17(26-24-18)8-7-16(25)22-10-12-3-6-14(20)9-15(12)21/h1-6,9H,7-8,10H2,(H,22,25). The van der Waals surface area contributed by atoms with Crippen LogP contribution < -0.4 is 5.32 Å².